The van der Waals surface area contributed by atoms with E-state index in [0.29, 0.717) is 24.7 Å². The molecule has 4 atom stereocenters. The maximum atomic E-state index is 13.3. The van der Waals surface area contributed by atoms with E-state index in [1.165, 1.54) is 0 Å². The third-order valence-electron chi connectivity index (χ3n) is 6.55. The van der Waals surface area contributed by atoms with Gasteiger partial charge in [-0.25, -0.2) is 0 Å². The summed E-state index contributed by atoms with van der Waals surface area (Å²) in [6.45, 7) is 6.33. The molecule has 1 aromatic heterocycles. The van der Waals surface area contributed by atoms with Crippen LogP contribution in [0.15, 0.2) is 22.7 Å². The number of Topliss-reactive ketones (excluding diaryl/α,β-unsaturated/α-hetero) is 1. The Bertz CT molecular complexity index is 1070. The first-order valence-electron chi connectivity index (χ1n) is 10.6. The fraction of sp³-hybridized carbons (Fsp3) is 0.500. The summed E-state index contributed by atoms with van der Waals surface area (Å²) in [6, 6.07) is 5.34. The van der Waals surface area contributed by atoms with Gasteiger partial charge in [0.25, 0.3) is 0 Å². The number of rotatable bonds is 2. The van der Waals surface area contributed by atoms with Crippen molar-refractivity contribution in [1.29, 1.82) is 0 Å². The molecule has 1 N–H and O–H groups in total. The summed E-state index contributed by atoms with van der Waals surface area (Å²) in [5.41, 5.74) is 1.17. The first-order valence-corrected chi connectivity index (χ1v) is 10.6. The van der Waals surface area contributed by atoms with Gasteiger partial charge >= 0.3 is 0 Å². The highest BCUT2D eigenvalue weighted by Gasteiger charge is 2.62. The highest BCUT2D eigenvalue weighted by Crippen LogP contribution is 2.48. The number of benzene rings is 1. The van der Waals surface area contributed by atoms with E-state index >= 15 is 0 Å². The number of nitrogens with one attached hydrogen (secondary N) is 1. The van der Waals surface area contributed by atoms with Crippen LogP contribution in [0.3, 0.4) is 0 Å². The lowest BCUT2D eigenvalue weighted by molar-refractivity contribution is -0.158. The number of hydrogen-bond acceptors (Lipinski definition) is 8. The molecule has 2 fully saturated rings. The summed E-state index contributed by atoms with van der Waals surface area (Å²) in [6.07, 6.45) is 0.0913. The van der Waals surface area contributed by atoms with Crippen LogP contribution in [0.4, 0.5) is 5.69 Å². The molecule has 2 aromatic rings. The smallest absolute Gasteiger partial charge is 0.242 e. The number of hydrogen-bond donors (Lipinski definition) is 1. The van der Waals surface area contributed by atoms with Gasteiger partial charge in [-0.1, -0.05) is 12.1 Å². The predicted octanol–water partition coefficient (Wildman–Crippen LogP) is 1.44. The van der Waals surface area contributed by atoms with Crippen molar-refractivity contribution in [1.82, 2.24) is 15.5 Å². The average Bonchev–Trinajstić information content (AvgIpc) is 3.20. The molecule has 162 valence electrons. The van der Waals surface area contributed by atoms with E-state index in [0.717, 1.165) is 16.8 Å². The molecule has 0 radical (unpaired) electrons. The van der Waals surface area contributed by atoms with Gasteiger partial charge in [0, 0.05) is 24.2 Å². The molecule has 0 unspecified atom stereocenters. The van der Waals surface area contributed by atoms with Crippen molar-refractivity contribution >= 4 is 23.3 Å². The van der Waals surface area contributed by atoms with E-state index in [1.807, 2.05) is 39.0 Å². The molecule has 1 spiro atoms. The van der Waals surface area contributed by atoms with Gasteiger partial charge in [0.1, 0.15) is 5.41 Å². The molecule has 3 aliphatic rings. The zero-order chi connectivity index (χ0) is 21.9. The van der Waals surface area contributed by atoms with E-state index in [-0.39, 0.29) is 30.8 Å². The van der Waals surface area contributed by atoms with Gasteiger partial charge < -0.3 is 14.2 Å². The number of carbonyl (C=O) groups excluding carboxylic acids is 3. The molecule has 31 heavy (non-hydrogen) atoms. The summed E-state index contributed by atoms with van der Waals surface area (Å²) in [5.74, 6) is -0.444. The predicted molar refractivity (Wildman–Crippen MR) is 109 cm³/mol. The summed E-state index contributed by atoms with van der Waals surface area (Å²) in [5, 5.41) is 6.45. The fourth-order valence-corrected chi connectivity index (χ4v) is 5.30. The summed E-state index contributed by atoms with van der Waals surface area (Å²) in [4.78, 5) is 44.9. The number of carbonyl (C=O) groups is 3. The molecule has 2 amide bonds. The van der Waals surface area contributed by atoms with Crippen molar-refractivity contribution in [3.8, 4) is 11.4 Å². The summed E-state index contributed by atoms with van der Waals surface area (Å²) in [7, 11) is 0. The van der Waals surface area contributed by atoms with Crippen LogP contribution in [-0.2, 0) is 32.0 Å². The van der Waals surface area contributed by atoms with Gasteiger partial charge in [-0.3, -0.25) is 19.7 Å². The molecule has 4 heterocycles. The normalized spacial score (nSPS) is 30.2. The molecule has 0 aliphatic carbocycles. The minimum atomic E-state index is -1.38. The number of aryl methyl sites for hydroxylation is 1. The second kappa shape index (κ2) is 6.98. The van der Waals surface area contributed by atoms with Gasteiger partial charge in [-0.15, -0.1) is 0 Å². The van der Waals surface area contributed by atoms with Crippen LogP contribution in [0.1, 0.15) is 38.6 Å². The first-order chi connectivity index (χ1) is 14.8. The summed E-state index contributed by atoms with van der Waals surface area (Å²) < 4.78 is 11.3. The Morgan fingerprint density at radius 3 is 2.77 bits per heavy atom. The van der Waals surface area contributed by atoms with Crippen LogP contribution in [-0.4, -0.2) is 52.5 Å². The Morgan fingerprint density at radius 2 is 2.06 bits per heavy atom. The third-order valence-corrected chi connectivity index (χ3v) is 6.55. The number of ether oxygens (including phenoxy) is 1. The van der Waals surface area contributed by atoms with Crippen molar-refractivity contribution < 1.29 is 23.6 Å². The minimum absolute atomic E-state index is 0.0679. The average molecular weight is 424 g/mol. The highest BCUT2D eigenvalue weighted by atomic mass is 16.5. The van der Waals surface area contributed by atoms with Crippen LogP contribution >= 0.6 is 0 Å². The monoisotopic (exact) mass is 424 g/mol. The van der Waals surface area contributed by atoms with Crippen molar-refractivity contribution in [3.05, 3.63) is 29.7 Å². The lowest BCUT2D eigenvalue weighted by atomic mass is 9.63. The molecule has 0 bridgehead atoms. The molecule has 0 saturated carbocycles. The van der Waals surface area contributed by atoms with Crippen LogP contribution in [0.25, 0.3) is 11.4 Å². The van der Waals surface area contributed by atoms with Gasteiger partial charge in [0.15, 0.2) is 5.78 Å². The molecule has 5 rings (SSSR count). The Hall–Kier alpha value is -3.07. The van der Waals surface area contributed by atoms with E-state index in [4.69, 9.17) is 9.26 Å². The second-order valence-corrected chi connectivity index (χ2v) is 8.58. The van der Waals surface area contributed by atoms with Crippen molar-refractivity contribution in [3.63, 3.8) is 0 Å². The molecule has 9 nitrogen and oxygen atoms in total. The van der Waals surface area contributed by atoms with Crippen molar-refractivity contribution in [2.45, 2.75) is 58.3 Å². The number of fused-ring (bicyclic) bond motifs is 4. The standard InChI is InChI=1S/C22H24N4O5/c1-4-18-24-20(25-31-18)13-5-6-15-14(7-13)9-22(16(27)8-17(28)23-21(22)29)19-12(3)30-11(2)10-26(15)19/h5-7,11-12,19H,4,8-10H2,1-3H3,(H,23,28,29)/t11-,12+,19-,22-/m1/s1. The zero-order valence-electron chi connectivity index (χ0n) is 17.7. The van der Waals surface area contributed by atoms with Crippen molar-refractivity contribution in [2.24, 2.45) is 5.41 Å². The number of anilines is 1. The topological polar surface area (TPSA) is 115 Å². The largest absolute Gasteiger partial charge is 0.372 e. The fourth-order valence-electron chi connectivity index (χ4n) is 5.30. The number of ketones is 1. The van der Waals surface area contributed by atoms with E-state index in [2.05, 4.69) is 20.4 Å². The zero-order valence-corrected chi connectivity index (χ0v) is 17.7. The maximum absolute atomic E-state index is 13.3. The number of aromatic nitrogens is 2. The number of imide groups is 1. The third kappa shape index (κ3) is 2.90. The van der Waals surface area contributed by atoms with E-state index in [1.54, 1.807) is 0 Å². The lowest BCUT2D eigenvalue weighted by Gasteiger charge is -2.55. The molecule has 9 heteroatoms. The minimum Gasteiger partial charge on any atom is -0.372 e. The maximum Gasteiger partial charge on any atom is 0.242 e. The molecular formula is C22H24N4O5. The highest BCUT2D eigenvalue weighted by molar-refractivity contribution is 6.22. The second-order valence-electron chi connectivity index (χ2n) is 8.58. The number of nitrogens with zero attached hydrogens (tertiary/aromatic N) is 3. The van der Waals surface area contributed by atoms with Crippen LogP contribution in [0.5, 0.6) is 0 Å². The molecule has 2 saturated heterocycles. The Balaban J connectivity index is 1.65. The number of piperidine rings is 1. The quantitative estimate of drug-likeness (QED) is 0.569. The van der Waals surface area contributed by atoms with Crippen LogP contribution in [0, 0.1) is 5.41 Å². The Labute approximate surface area is 179 Å². The lowest BCUT2D eigenvalue weighted by Crippen LogP contribution is -2.72. The van der Waals surface area contributed by atoms with Gasteiger partial charge in [0.2, 0.25) is 23.5 Å². The Morgan fingerprint density at radius 1 is 1.26 bits per heavy atom. The van der Waals surface area contributed by atoms with Gasteiger partial charge in [-0.2, -0.15) is 4.98 Å². The van der Waals surface area contributed by atoms with Crippen molar-refractivity contribution in [2.75, 3.05) is 11.4 Å². The molecular weight excluding hydrogens is 400 g/mol. The number of morpholine rings is 1. The molecule has 3 aliphatic heterocycles. The van der Waals surface area contributed by atoms with E-state index in [9.17, 15) is 14.4 Å². The van der Waals surface area contributed by atoms with E-state index < -0.39 is 23.3 Å². The van der Waals surface area contributed by atoms with Gasteiger partial charge in [-0.05, 0) is 44.0 Å². The summed E-state index contributed by atoms with van der Waals surface area (Å²) >= 11 is 0. The van der Waals surface area contributed by atoms with Crippen LogP contribution in [0.2, 0.25) is 0 Å². The molecule has 1 aromatic carbocycles. The number of amides is 2. The van der Waals surface area contributed by atoms with Gasteiger partial charge in [0.05, 0.1) is 24.7 Å². The Kier molecular flexibility index (Phi) is 4.47. The van der Waals surface area contributed by atoms with Crippen LogP contribution < -0.4 is 10.2 Å². The first kappa shape index (κ1) is 19.9. The SMILES string of the molecule is CCc1nc(-c2ccc3c(c2)C[C@@]2(C(=O)CC(=O)NC2=O)[C@H]2[C@H](C)O[C@H](C)CN32)no1.